The Morgan fingerprint density at radius 1 is 0.278 bits per heavy atom. The fourth-order valence-electron chi connectivity index (χ4n) is 7.13. The van der Waals surface area contributed by atoms with Crippen LogP contribution < -0.4 is 15.0 Å². The van der Waals surface area contributed by atoms with E-state index < -0.39 is 8.07 Å². The maximum Gasteiger partial charge on any atom is 0.0775 e. The van der Waals surface area contributed by atoms with E-state index in [2.05, 4.69) is 242 Å². The van der Waals surface area contributed by atoms with E-state index >= 15 is 0 Å². The predicted molar refractivity (Wildman–Crippen MR) is 235 cm³/mol. The van der Waals surface area contributed by atoms with Gasteiger partial charge < -0.3 is 9.80 Å². The van der Waals surface area contributed by atoms with E-state index in [9.17, 15) is 0 Å². The average Bonchev–Trinajstić information content (AvgIpc) is 3.23. The quantitative estimate of drug-likeness (QED) is 0.130. The van der Waals surface area contributed by atoms with E-state index in [1.807, 2.05) is 0 Å². The Kier molecular flexibility index (Phi) is 9.80. The molecule has 0 fully saturated rings. The van der Waals surface area contributed by atoms with Gasteiger partial charge >= 0.3 is 0 Å². The SMILES string of the molecule is C[Si](C)(C)c1ccc(N(c2ccccc2)c2ccc(-c3ccc(-c4ccc(N(c5ccccc5)c5ccccc5-c5ccccc5)cc4)cc3)cc2)cc1. The van der Waals surface area contributed by atoms with Gasteiger partial charge in [0.05, 0.1) is 13.8 Å². The van der Waals surface area contributed by atoms with Crippen LogP contribution >= 0.6 is 0 Å². The van der Waals surface area contributed by atoms with Crippen LogP contribution in [-0.2, 0) is 0 Å². The summed E-state index contributed by atoms with van der Waals surface area (Å²) in [7, 11) is -1.39. The van der Waals surface area contributed by atoms with E-state index in [1.165, 1.54) is 44.3 Å². The molecule has 8 aromatic carbocycles. The fourth-order valence-corrected chi connectivity index (χ4v) is 8.30. The second-order valence-corrected chi connectivity index (χ2v) is 19.8. The normalized spacial score (nSPS) is 11.2. The molecule has 0 amide bonds. The predicted octanol–water partition coefficient (Wildman–Crippen LogP) is 14.2. The van der Waals surface area contributed by atoms with Crippen molar-refractivity contribution < 1.29 is 0 Å². The van der Waals surface area contributed by atoms with E-state index in [-0.39, 0.29) is 0 Å². The van der Waals surface area contributed by atoms with Crippen molar-refractivity contribution in [3.63, 3.8) is 0 Å². The molecule has 0 aliphatic rings. The van der Waals surface area contributed by atoms with Gasteiger partial charge in [-0.2, -0.15) is 0 Å². The maximum atomic E-state index is 2.39. The van der Waals surface area contributed by atoms with Gasteiger partial charge in [-0.3, -0.25) is 0 Å². The molecule has 0 saturated heterocycles. The minimum Gasteiger partial charge on any atom is -0.311 e. The molecule has 54 heavy (non-hydrogen) atoms. The molecule has 2 nitrogen and oxygen atoms in total. The highest BCUT2D eigenvalue weighted by Gasteiger charge is 2.19. The van der Waals surface area contributed by atoms with Crippen LogP contribution in [0.25, 0.3) is 33.4 Å². The zero-order valence-corrected chi connectivity index (χ0v) is 32.1. The minimum atomic E-state index is -1.39. The summed E-state index contributed by atoms with van der Waals surface area (Å²) in [5.41, 5.74) is 14.0. The average molecular weight is 713 g/mol. The first-order chi connectivity index (χ1) is 26.4. The molecule has 0 unspecified atom stereocenters. The van der Waals surface area contributed by atoms with Crippen LogP contribution in [0.1, 0.15) is 0 Å². The molecule has 3 heteroatoms. The Morgan fingerprint density at radius 3 is 1.07 bits per heavy atom. The summed E-state index contributed by atoms with van der Waals surface area (Å²) in [6.07, 6.45) is 0. The number of para-hydroxylation sites is 3. The molecule has 0 aliphatic carbocycles. The third-order valence-electron chi connectivity index (χ3n) is 10.1. The number of benzene rings is 8. The summed E-state index contributed by atoms with van der Waals surface area (Å²) in [4.78, 5) is 4.68. The molecule has 0 bridgehead atoms. The molecular weight excluding hydrogens is 669 g/mol. The van der Waals surface area contributed by atoms with Crippen molar-refractivity contribution >= 4 is 47.4 Å². The zero-order valence-electron chi connectivity index (χ0n) is 31.1. The lowest BCUT2D eigenvalue weighted by Crippen LogP contribution is -2.37. The number of hydrogen-bond donors (Lipinski definition) is 0. The molecule has 8 aromatic rings. The summed E-state index contributed by atoms with van der Waals surface area (Å²) < 4.78 is 0. The standard InChI is InChI=1S/C51H44N2Si/c1-54(2,3)49-37-35-47(36-38-49)52(44-17-9-5-10-18-44)46-31-27-41(28-32-46)39-23-25-40(26-24-39)42-29-33-48(34-30-42)53(45-19-11-6-12-20-45)51-22-14-13-21-50(51)43-15-7-4-8-16-43/h4-38H,1-3H3. The number of nitrogens with zero attached hydrogens (tertiary/aromatic N) is 2. The van der Waals surface area contributed by atoms with E-state index in [0.29, 0.717) is 0 Å². The summed E-state index contributed by atoms with van der Waals surface area (Å²) >= 11 is 0. The second-order valence-electron chi connectivity index (χ2n) is 14.7. The van der Waals surface area contributed by atoms with Gasteiger partial charge in [-0.25, -0.2) is 0 Å². The lowest BCUT2D eigenvalue weighted by Gasteiger charge is -2.28. The zero-order chi connectivity index (χ0) is 36.9. The van der Waals surface area contributed by atoms with Crippen LogP contribution in [0.3, 0.4) is 0 Å². The Balaban J connectivity index is 1.05. The van der Waals surface area contributed by atoms with Crippen molar-refractivity contribution in [2.24, 2.45) is 0 Å². The third kappa shape index (κ3) is 7.41. The van der Waals surface area contributed by atoms with Gasteiger partial charge in [-0.1, -0.05) is 170 Å². The fraction of sp³-hybridized carbons (Fsp3) is 0.0588. The molecule has 0 spiro atoms. The van der Waals surface area contributed by atoms with Crippen LogP contribution in [0, 0.1) is 0 Å². The maximum absolute atomic E-state index is 2.39. The summed E-state index contributed by atoms with van der Waals surface area (Å²) in [5.74, 6) is 0. The molecule has 0 heterocycles. The lowest BCUT2D eigenvalue weighted by molar-refractivity contribution is 1.28. The second kappa shape index (κ2) is 15.3. The Bertz CT molecular complexity index is 2420. The van der Waals surface area contributed by atoms with Gasteiger partial charge in [0, 0.05) is 34.0 Å². The highest BCUT2D eigenvalue weighted by atomic mass is 28.3. The van der Waals surface area contributed by atoms with Crippen LogP contribution in [0.2, 0.25) is 19.6 Å². The first kappa shape index (κ1) is 34.7. The van der Waals surface area contributed by atoms with Gasteiger partial charge in [0.15, 0.2) is 0 Å². The minimum absolute atomic E-state index is 1.11. The summed E-state index contributed by atoms with van der Waals surface area (Å²) in [6.45, 7) is 7.18. The smallest absolute Gasteiger partial charge is 0.0775 e. The Hall–Kier alpha value is -6.42. The first-order valence-electron chi connectivity index (χ1n) is 18.7. The van der Waals surface area contributed by atoms with E-state index in [0.717, 1.165) is 28.4 Å². The van der Waals surface area contributed by atoms with Crippen LogP contribution in [0.4, 0.5) is 34.1 Å². The van der Waals surface area contributed by atoms with Crippen molar-refractivity contribution in [2.45, 2.75) is 19.6 Å². The van der Waals surface area contributed by atoms with Gasteiger partial charge in [-0.15, -0.1) is 0 Å². The van der Waals surface area contributed by atoms with Gasteiger partial charge in [0.25, 0.3) is 0 Å². The lowest BCUT2D eigenvalue weighted by atomic mass is 9.99. The summed E-state index contributed by atoms with van der Waals surface area (Å²) in [5, 5.41) is 1.47. The third-order valence-corrected chi connectivity index (χ3v) is 12.1. The monoisotopic (exact) mass is 712 g/mol. The van der Waals surface area contributed by atoms with Crippen LogP contribution in [0.5, 0.6) is 0 Å². The first-order valence-corrected chi connectivity index (χ1v) is 22.2. The van der Waals surface area contributed by atoms with Gasteiger partial charge in [0.1, 0.15) is 0 Å². The number of rotatable bonds is 10. The van der Waals surface area contributed by atoms with Gasteiger partial charge in [0.2, 0.25) is 0 Å². The molecule has 262 valence electrons. The van der Waals surface area contributed by atoms with Crippen molar-refractivity contribution in [2.75, 3.05) is 9.80 Å². The topological polar surface area (TPSA) is 6.48 Å². The molecule has 0 aliphatic heterocycles. The molecular formula is C51H44N2Si. The summed E-state index contributed by atoms with van der Waals surface area (Å²) in [6, 6.07) is 76.4. The highest BCUT2D eigenvalue weighted by molar-refractivity contribution is 6.88. The Labute approximate surface area is 321 Å². The van der Waals surface area contributed by atoms with Crippen LogP contribution in [-0.4, -0.2) is 8.07 Å². The number of anilines is 6. The van der Waals surface area contributed by atoms with E-state index in [1.54, 1.807) is 0 Å². The Morgan fingerprint density at radius 2 is 0.611 bits per heavy atom. The molecule has 0 radical (unpaired) electrons. The molecule has 0 aromatic heterocycles. The van der Waals surface area contributed by atoms with Crippen molar-refractivity contribution in [1.82, 2.24) is 0 Å². The molecule has 0 atom stereocenters. The molecule has 8 rings (SSSR count). The van der Waals surface area contributed by atoms with Gasteiger partial charge in [-0.05, 0) is 94.5 Å². The van der Waals surface area contributed by atoms with Crippen molar-refractivity contribution in [3.05, 3.63) is 212 Å². The molecule has 0 saturated carbocycles. The van der Waals surface area contributed by atoms with E-state index in [4.69, 9.17) is 0 Å². The number of hydrogen-bond acceptors (Lipinski definition) is 2. The highest BCUT2D eigenvalue weighted by Crippen LogP contribution is 2.41. The van der Waals surface area contributed by atoms with Crippen molar-refractivity contribution in [1.29, 1.82) is 0 Å². The largest absolute Gasteiger partial charge is 0.311 e. The molecule has 0 N–H and O–H groups in total. The van der Waals surface area contributed by atoms with Crippen molar-refractivity contribution in [3.8, 4) is 33.4 Å². The van der Waals surface area contributed by atoms with Crippen LogP contribution in [0.15, 0.2) is 212 Å².